The van der Waals surface area contributed by atoms with Gasteiger partial charge in [-0.05, 0) is 55.8 Å². The number of benzene rings is 2. The van der Waals surface area contributed by atoms with Crippen LogP contribution in [0.1, 0.15) is 29.8 Å². The number of halogens is 2. The van der Waals surface area contributed by atoms with E-state index in [0.717, 1.165) is 16.7 Å². The van der Waals surface area contributed by atoms with Crippen molar-refractivity contribution in [2.24, 2.45) is 0 Å². The van der Waals surface area contributed by atoms with Crippen LogP contribution in [0.3, 0.4) is 0 Å². The van der Waals surface area contributed by atoms with Gasteiger partial charge in [-0.3, -0.25) is 4.79 Å². The SMILES string of the molecule is CC1CN(C(=O)c2ccc(-c3cnc(N)c(OCc4cc(Cl)ccc4Cl)c3)cc2)CC(C)N1. The predicted molar refractivity (Wildman–Crippen MR) is 133 cm³/mol. The van der Waals surface area contributed by atoms with Gasteiger partial charge in [-0.15, -0.1) is 0 Å². The lowest BCUT2D eigenvalue weighted by Crippen LogP contribution is -2.55. The molecule has 6 nitrogen and oxygen atoms in total. The number of nitrogens with one attached hydrogen (secondary N) is 1. The Kier molecular flexibility index (Phi) is 7.08. The van der Waals surface area contributed by atoms with Gasteiger partial charge in [-0.2, -0.15) is 0 Å². The molecule has 1 aromatic heterocycles. The summed E-state index contributed by atoms with van der Waals surface area (Å²) in [7, 11) is 0. The average molecular weight is 485 g/mol. The number of rotatable bonds is 5. The Labute approximate surface area is 203 Å². The first-order valence-electron chi connectivity index (χ1n) is 10.8. The summed E-state index contributed by atoms with van der Waals surface area (Å²) in [5.74, 6) is 0.776. The Balaban J connectivity index is 1.49. The van der Waals surface area contributed by atoms with Crippen LogP contribution in [0.2, 0.25) is 10.0 Å². The number of ether oxygens (including phenoxy) is 1. The topological polar surface area (TPSA) is 80.5 Å². The summed E-state index contributed by atoms with van der Waals surface area (Å²) in [4.78, 5) is 19.1. The second-order valence-electron chi connectivity index (χ2n) is 8.39. The molecule has 1 amide bonds. The lowest BCUT2D eigenvalue weighted by molar-refractivity contribution is 0.0674. The third kappa shape index (κ3) is 5.58. The zero-order valence-corrected chi connectivity index (χ0v) is 20.0. The van der Waals surface area contributed by atoms with Crippen LogP contribution < -0.4 is 15.8 Å². The number of nitrogens with zero attached hydrogens (tertiary/aromatic N) is 2. The minimum atomic E-state index is 0.0413. The molecule has 2 aromatic carbocycles. The van der Waals surface area contributed by atoms with Gasteiger partial charge in [0.15, 0.2) is 11.6 Å². The highest BCUT2D eigenvalue weighted by atomic mass is 35.5. The quantitative estimate of drug-likeness (QED) is 0.530. The van der Waals surface area contributed by atoms with Crippen LogP contribution in [0.5, 0.6) is 5.75 Å². The summed E-state index contributed by atoms with van der Waals surface area (Å²) in [5, 5.41) is 4.59. The molecule has 8 heteroatoms. The standard InChI is InChI=1S/C25H26Cl2N4O2/c1-15-12-31(13-16(2)30-15)25(32)18-5-3-17(4-6-18)19-10-23(24(28)29-11-19)33-14-20-9-21(26)7-8-22(20)27/h3-11,15-16,30H,12-14H2,1-2H3,(H2,28,29). The van der Waals surface area contributed by atoms with Crippen molar-refractivity contribution in [3.63, 3.8) is 0 Å². The Morgan fingerprint density at radius 1 is 1.09 bits per heavy atom. The van der Waals surface area contributed by atoms with Gasteiger partial charge in [-0.25, -0.2) is 4.98 Å². The first-order chi connectivity index (χ1) is 15.8. The molecule has 33 heavy (non-hydrogen) atoms. The number of nitrogen functional groups attached to an aromatic ring is 1. The molecule has 1 fully saturated rings. The summed E-state index contributed by atoms with van der Waals surface area (Å²) in [6.45, 7) is 5.79. The molecule has 0 saturated carbocycles. The average Bonchev–Trinajstić information content (AvgIpc) is 2.79. The smallest absolute Gasteiger partial charge is 0.253 e. The van der Waals surface area contributed by atoms with Crippen LogP contribution in [0.4, 0.5) is 5.82 Å². The van der Waals surface area contributed by atoms with Crippen molar-refractivity contribution in [1.82, 2.24) is 15.2 Å². The third-order valence-corrected chi connectivity index (χ3v) is 6.19. The molecule has 0 bridgehead atoms. The number of anilines is 1. The van der Waals surface area contributed by atoms with Gasteiger partial charge in [-0.1, -0.05) is 35.3 Å². The summed E-state index contributed by atoms with van der Waals surface area (Å²) in [5.41, 5.74) is 9.18. The predicted octanol–water partition coefficient (Wildman–Crippen LogP) is 5.04. The molecular weight excluding hydrogens is 459 g/mol. The molecule has 1 saturated heterocycles. The van der Waals surface area contributed by atoms with Crippen LogP contribution >= 0.6 is 23.2 Å². The molecule has 3 aromatic rings. The van der Waals surface area contributed by atoms with E-state index in [-0.39, 0.29) is 30.4 Å². The number of hydrogen-bond donors (Lipinski definition) is 2. The molecule has 3 N–H and O–H groups in total. The highest BCUT2D eigenvalue weighted by molar-refractivity contribution is 6.33. The molecule has 0 spiro atoms. The van der Waals surface area contributed by atoms with Crippen LogP contribution in [0.25, 0.3) is 11.1 Å². The second-order valence-corrected chi connectivity index (χ2v) is 9.23. The first-order valence-corrected chi connectivity index (χ1v) is 11.5. The van der Waals surface area contributed by atoms with Gasteiger partial charge >= 0.3 is 0 Å². The van der Waals surface area contributed by atoms with E-state index in [1.54, 1.807) is 24.4 Å². The van der Waals surface area contributed by atoms with E-state index in [2.05, 4.69) is 24.1 Å². The maximum atomic E-state index is 12.9. The molecular formula is C25H26Cl2N4O2. The van der Waals surface area contributed by atoms with E-state index < -0.39 is 0 Å². The third-order valence-electron chi connectivity index (χ3n) is 5.58. The minimum absolute atomic E-state index is 0.0413. The minimum Gasteiger partial charge on any atom is -0.485 e. The van der Waals surface area contributed by atoms with Gasteiger partial charge in [0.2, 0.25) is 0 Å². The number of aromatic nitrogens is 1. The first kappa shape index (κ1) is 23.4. The van der Waals surface area contributed by atoms with Crippen molar-refractivity contribution in [2.75, 3.05) is 18.8 Å². The molecule has 2 heterocycles. The number of piperazine rings is 1. The van der Waals surface area contributed by atoms with E-state index in [4.69, 9.17) is 33.7 Å². The van der Waals surface area contributed by atoms with Gasteiger partial charge < -0.3 is 20.7 Å². The fraction of sp³-hybridized carbons (Fsp3) is 0.280. The fourth-order valence-corrected chi connectivity index (χ4v) is 4.39. The van der Waals surface area contributed by atoms with Crippen molar-refractivity contribution in [2.45, 2.75) is 32.5 Å². The van der Waals surface area contributed by atoms with Gasteiger partial charge in [0.05, 0.1) is 0 Å². The van der Waals surface area contributed by atoms with Crippen molar-refractivity contribution < 1.29 is 9.53 Å². The number of carbonyl (C=O) groups excluding carboxylic acids is 1. The lowest BCUT2D eigenvalue weighted by Gasteiger charge is -2.36. The number of pyridine rings is 1. The van der Waals surface area contributed by atoms with Crippen LogP contribution in [0, 0.1) is 0 Å². The molecule has 172 valence electrons. The van der Waals surface area contributed by atoms with Crippen molar-refractivity contribution in [3.05, 3.63) is 75.9 Å². The highest BCUT2D eigenvalue weighted by Gasteiger charge is 2.25. The Morgan fingerprint density at radius 2 is 1.79 bits per heavy atom. The van der Waals surface area contributed by atoms with Gasteiger partial charge in [0.1, 0.15) is 6.61 Å². The zero-order chi connectivity index (χ0) is 23.5. The molecule has 0 radical (unpaired) electrons. The second kappa shape index (κ2) is 10.00. The van der Waals surface area contributed by atoms with Gasteiger partial charge in [0, 0.05) is 58.1 Å². The molecule has 2 atom stereocenters. The van der Waals surface area contributed by atoms with E-state index in [9.17, 15) is 4.79 Å². The number of carbonyl (C=O) groups is 1. The Morgan fingerprint density at radius 3 is 2.48 bits per heavy atom. The molecule has 0 aliphatic carbocycles. The summed E-state index contributed by atoms with van der Waals surface area (Å²) >= 11 is 12.3. The summed E-state index contributed by atoms with van der Waals surface area (Å²) in [6.07, 6.45) is 1.69. The van der Waals surface area contributed by atoms with Crippen molar-refractivity contribution in [3.8, 4) is 16.9 Å². The maximum absolute atomic E-state index is 12.9. The van der Waals surface area contributed by atoms with E-state index in [1.807, 2.05) is 35.2 Å². The van der Waals surface area contributed by atoms with E-state index in [1.165, 1.54) is 0 Å². The number of amides is 1. The number of hydrogen-bond acceptors (Lipinski definition) is 5. The Bertz CT molecular complexity index is 1140. The van der Waals surface area contributed by atoms with E-state index in [0.29, 0.717) is 34.4 Å². The van der Waals surface area contributed by atoms with Crippen molar-refractivity contribution in [1.29, 1.82) is 0 Å². The lowest BCUT2D eigenvalue weighted by atomic mass is 10.0. The summed E-state index contributed by atoms with van der Waals surface area (Å²) in [6, 6.07) is 15.1. The molecule has 2 unspecified atom stereocenters. The fourth-order valence-electron chi connectivity index (χ4n) is 4.02. The monoisotopic (exact) mass is 484 g/mol. The molecule has 4 rings (SSSR count). The maximum Gasteiger partial charge on any atom is 0.253 e. The normalized spacial score (nSPS) is 18.2. The molecule has 1 aliphatic rings. The van der Waals surface area contributed by atoms with Gasteiger partial charge in [0.25, 0.3) is 5.91 Å². The Hall–Kier alpha value is -2.80. The zero-order valence-electron chi connectivity index (χ0n) is 18.5. The van der Waals surface area contributed by atoms with E-state index >= 15 is 0 Å². The van der Waals surface area contributed by atoms with Crippen molar-refractivity contribution >= 4 is 34.9 Å². The van der Waals surface area contributed by atoms with Crippen LogP contribution in [-0.4, -0.2) is 41.0 Å². The van der Waals surface area contributed by atoms with Crippen LogP contribution in [-0.2, 0) is 6.61 Å². The molecule has 1 aliphatic heterocycles. The summed E-state index contributed by atoms with van der Waals surface area (Å²) < 4.78 is 5.88. The number of nitrogens with two attached hydrogens (primary N) is 1. The largest absolute Gasteiger partial charge is 0.485 e. The highest BCUT2D eigenvalue weighted by Crippen LogP contribution is 2.29. The van der Waals surface area contributed by atoms with Crippen LogP contribution in [0.15, 0.2) is 54.7 Å².